The van der Waals surface area contributed by atoms with Gasteiger partial charge in [-0.2, -0.15) is 0 Å². The number of nitrogens with one attached hydrogen (secondary N) is 2. The molecule has 5 nitrogen and oxygen atoms in total. The number of carbonyl (C=O) groups excluding carboxylic acids is 1. The Morgan fingerprint density at radius 2 is 1.74 bits per heavy atom. The maximum atomic E-state index is 13.4. The van der Waals surface area contributed by atoms with Gasteiger partial charge < -0.3 is 5.32 Å². The van der Waals surface area contributed by atoms with Crippen molar-refractivity contribution in [1.82, 2.24) is 4.72 Å². The van der Waals surface area contributed by atoms with Gasteiger partial charge in [0.1, 0.15) is 5.82 Å². The highest BCUT2D eigenvalue weighted by Gasteiger charge is 2.15. The molecule has 1 amide bonds. The minimum Gasteiger partial charge on any atom is -0.322 e. The van der Waals surface area contributed by atoms with Gasteiger partial charge in [-0.3, -0.25) is 4.79 Å². The van der Waals surface area contributed by atoms with Crippen LogP contribution in [-0.4, -0.2) is 20.9 Å². The SMILES string of the molecule is O=C(CNS(=O)(=O)Cc1ccccc1Cl)Nc1ccccc1F. The summed E-state index contributed by atoms with van der Waals surface area (Å²) in [4.78, 5) is 11.7. The third kappa shape index (κ3) is 5.31. The monoisotopic (exact) mass is 356 g/mol. The summed E-state index contributed by atoms with van der Waals surface area (Å²) >= 11 is 5.90. The smallest absolute Gasteiger partial charge is 0.239 e. The van der Waals surface area contributed by atoms with E-state index in [0.29, 0.717) is 10.6 Å². The van der Waals surface area contributed by atoms with Crippen LogP contribution in [0.25, 0.3) is 0 Å². The molecule has 0 aliphatic rings. The third-order valence-electron chi connectivity index (χ3n) is 2.90. The van der Waals surface area contributed by atoms with Gasteiger partial charge in [0.2, 0.25) is 15.9 Å². The van der Waals surface area contributed by atoms with Crippen LogP contribution in [0, 0.1) is 5.82 Å². The molecule has 0 bridgehead atoms. The van der Waals surface area contributed by atoms with Crippen molar-refractivity contribution in [1.29, 1.82) is 0 Å². The van der Waals surface area contributed by atoms with Crippen LogP contribution < -0.4 is 10.0 Å². The predicted molar refractivity (Wildman–Crippen MR) is 87.1 cm³/mol. The molecule has 0 unspecified atom stereocenters. The third-order valence-corrected chi connectivity index (χ3v) is 4.55. The maximum Gasteiger partial charge on any atom is 0.239 e. The molecule has 0 aliphatic carbocycles. The second-order valence-corrected chi connectivity index (χ2v) is 6.91. The number of benzene rings is 2. The van der Waals surface area contributed by atoms with Crippen molar-refractivity contribution in [3.05, 3.63) is 64.9 Å². The van der Waals surface area contributed by atoms with E-state index >= 15 is 0 Å². The molecule has 0 spiro atoms. The number of anilines is 1. The Morgan fingerprint density at radius 3 is 2.43 bits per heavy atom. The van der Waals surface area contributed by atoms with Crippen LogP contribution in [0.1, 0.15) is 5.56 Å². The lowest BCUT2D eigenvalue weighted by atomic mass is 10.2. The van der Waals surface area contributed by atoms with E-state index < -0.39 is 28.3 Å². The number of hydrogen-bond donors (Lipinski definition) is 2. The zero-order chi connectivity index (χ0) is 16.9. The van der Waals surface area contributed by atoms with Gasteiger partial charge in [-0.15, -0.1) is 0 Å². The van der Waals surface area contributed by atoms with E-state index in [2.05, 4.69) is 10.0 Å². The van der Waals surface area contributed by atoms with E-state index in [4.69, 9.17) is 11.6 Å². The van der Waals surface area contributed by atoms with Crippen molar-refractivity contribution in [2.45, 2.75) is 5.75 Å². The highest BCUT2D eigenvalue weighted by atomic mass is 35.5. The normalized spacial score (nSPS) is 11.2. The summed E-state index contributed by atoms with van der Waals surface area (Å²) in [5.74, 6) is -1.61. The van der Waals surface area contributed by atoms with Crippen LogP contribution in [0.5, 0.6) is 0 Å². The first-order valence-corrected chi connectivity index (χ1v) is 8.65. The number of amides is 1. The molecular weight excluding hydrogens is 343 g/mol. The van der Waals surface area contributed by atoms with Gasteiger partial charge in [0.05, 0.1) is 18.0 Å². The van der Waals surface area contributed by atoms with Crippen molar-refractivity contribution in [2.24, 2.45) is 0 Å². The van der Waals surface area contributed by atoms with Crippen LogP contribution in [-0.2, 0) is 20.6 Å². The van der Waals surface area contributed by atoms with Crippen molar-refractivity contribution >= 4 is 33.2 Å². The molecule has 2 N–H and O–H groups in total. The summed E-state index contributed by atoms with van der Waals surface area (Å²) in [6.45, 7) is -0.499. The van der Waals surface area contributed by atoms with Crippen LogP contribution in [0.15, 0.2) is 48.5 Å². The Morgan fingerprint density at radius 1 is 1.09 bits per heavy atom. The maximum absolute atomic E-state index is 13.4. The van der Waals surface area contributed by atoms with Gasteiger partial charge in [0, 0.05) is 5.02 Å². The van der Waals surface area contributed by atoms with Crippen molar-refractivity contribution in [3.63, 3.8) is 0 Å². The Bertz CT molecular complexity index is 812. The molecule has 2 aromatic carbocycles. The second kappa shape index (κ2) is 7.54. The van der Waals surface area contributed by atoms with Crippen LogP contribution in [0.3, 0.4) is 0 Å². The quantitative estimate of drug-likeness (QED) is 0.835. The lowest BCUT2D eigenvalue weighted by Crippen LogP contribution is -2.33. The Labute approximate surface area is 138 Å². The summed E-state index contributed by atoms with van der Waals surface area (Å²) in [5, 5.41) is 2.62. The van der Waals surface area contributed by atoms with Crippen LogP contribution in [0.2, 0.25) is 5.02 Å². The van der Waals surface area contributed by atoms with Crippen molar-refractivity contribution in [3.8, 4) is 0 Å². The summed E-state index contributed by atoms with van der Waals surface area (Å²) in [6.07, 6.45) is 0. The average Bonchev–Trinajstić information content (AvgIpc) is 2.50. The first-order valence-electron chi connectivity index (χ1n) is 6.62. The van der Waals surface area contributed by atoms with Gasteiger partial charge in [-0.1, -0.05) is 41.9 Å². The lowest BCUT2D eigenvalue weighted by molar-refractivity contribution is -0.115. The summed E-state index contributed by atoms with van der Waals surface area (Å²) in [6, 6.07) is 12.1. The van der Waals surface area contributed by atoms with Gasteiger partial charge in [-0.25, -0.2) is 17.5 Å². The molecule has 8 heteroatoms. The highest BCUT2D eigenvalue weighted by molar-refractivity contribution is 7.88. The molecule has 2 rings (SSSR count). The van der Waals surface area contributed by atoms with E-state index in [0.717, 1.165) is 0 Å². The molecule has 0 heterocycles. The average molecular weight is 357 g/mol. The molecule has 0 saturated carbocycles. The number of carbonyl (C=O) groups is 1. The number of para-hydroxylation sites is 1. The standard InChI is InChI=1S/C15H14ClFN2O3S/c16-12-6-2-1-5-11(12)10-23(21,22)18-9-15(20)19-14-8-4-3-7-13(14)17/h1-8,18H,9-10H2,(H,19,20). The summed E-state index contributed by atoms with van der Waals surface area (Å²) < 4.78 is 39.4. The predicted octanol–water partition coefficient (Wildman–Crippen LogP) is 2.54. The summed E-state index contributed by atoms with van der Waals surface area (Å²) in [7, 11) is -3.74. The van der Waals surface area contributed by atoms with Gasteiger partial charge in [-0.05, 0) is 23.8 Å². The molecule has 0 aromatic heterocycles. The lowest BCUT2D eigenvalue weighted by Gasteiger charge is -2.09. The molecule has 0 saturated heterocycles. The van der Waals surface area contributed by atoms with E-state index in [9.17, 15) is 17.6 Å². The molecule has 2 aromatic rings. The van der Waals surface area contributed by atoms with Gasteiger partial charge in [0.25, 0.3) is 0 Å². The topological polar surface area (TPSA) is 75.3 Å². The highest BCUT2D eigenvalue weighted by Crippen LogP contribution is 2.17. The van der Waals surface area contributed by atoms with Crippen molar-refractivity contribution < 1.29 is 17.6 Å². The number of hydrogen-bond acceptors (Lipinski definition) is 3. The van der Waals surface area contributed by atoms with E-state index in [1.165, 1.54) is 18.2 Å². The van der Waals surface area contributed by atoms with Crippen LogP contribution >= 0.6 is 11.6 Å². The Hall–Kier alpha value is -1.96. The first-order chi connectivity index (χ1) is 10.9. The Kier molecular flexibility index (Phi) is 5.70. The fraction of sp³-hybridized carbons (Fsp3) is 0.133. The van der Waals surface area contributed by atoms with E-state index in [1.54, 1.807) is 30.3 Å². The molecule has 0 atom stereocenters. The first kappa shape index (κ1) is 17.4. The van der Waals surface area contributed by atoms with Crippen LogP contribution in [0.4, 0.5) is 10.1 Å². The summed E-state index contributed by atoms with van der Waals surface area (Å²) in [5.41, 5.74) is 0.416. The number of sulfonamides is 1. The molecule has 23 heavy (non-hydrogen) atoms. The molecule has 0 fully saturated rings. The van der Waals surface area contributed by atoms with Crippen molar-refractivity contribution in [2.75, 3.05) is 11.9 Å². The molecular formula is C15H14ClFN2O3S. The minimum absolute atomic E-state index is 0.0113. The largest absolute Gasteiger partial charge is 0.322 e. The number of rotatable bonds is 6. The second-order valence-electron chi connectivity index (χ2n) is 4.70. The van der Waals surface area contributed by atoms with Gasteiger partial charge in [0.15, 0.2) is 0 Å². The Balaban J connectivity index is 1.93. The molecule has 0 aliphatic heterocycles. The number of halogens is 2. The van der Waals surface area contributed by atoms with Gasteiger partial charge >= 0.3 is 0 Å². The molecule has 0 radical (unpaired) electrons. The van der Waals surface area contributed by atoms with E-state index in [1.807, 2.05) is 0 Å². The van der Waals surface area contributed by atoms with E-state index in [-0.39, 0.29) is 11.4 Å². The zero-order valence-corrected chi connectivity index (χ0v) is 13.5. The zero-order valence-electron chi connectivity index (χ0n) is 11.9. The fourth-order valence-electron chi connectivity index (χ4n) is 1.80. The minimum atomic E-state index is -3.74. The molecule has 122 valence electrons. The fourth-order valence-corrected chi connectivity index (χ4v) is 3.20.